The smallest absolute Gasteiger partial charge is 0.407 e. The first-order valence-corrected chi connectivity index (χ1v) is 7.07. The number of hydrogen-bond donors (Lipinski definition) is 1. The van der Waals surface area contributed by atoms with Crippen molar-refractivity contribution in [1.29, 1.82) is 0 Å². The molecule has 0 aromatic carbocycles. The van der Waals surface area contributed by atoms with Crippen LogP contribution in [0, 0.1) is 5.92 Å². The van der Waals surface area contributed by atoms with Crippen LogP contribution < -0.4 is 0 Å². The summed E-state index contributed by atoms with van der Waals surface area (Å²) in [4.78, 5) is 17.7. The summed E-state index contributed by atoms with van der Waals surface area (Å²) < 4.78 is 5.57. The van der Waals surface area contributed by atoms with Gasteiger partial charge in [-0.3, -0.25) is 0 Å². The van der Waals surface area contributed by atoms with Gasteiger partial charge in [-0.25, -0.2) is 4.79 Å². The summed E-state index contributed by atoms with van der Waals surface area (Å²) in [5.41, 5.74) is 0. The molecule has 0 spiro atoms. The van der Waals surface area contributed by atoms with Crippen molar-refractivity contribution in [2.45, 2.75) is 50.6 Å². The number of amides is 1. The first-order valence-electron chi connectivity index (χ1n) is 7.07. The molecule has 0 aliphatic carbocycles. The topological polar surface area (TPSA) is 71.4 Å². The highest BCUT2D eigenvalue weighted by Crippen LogP contribution is 2.39. The van der Waals surface area contributed by atoms with Gasteiger partial charge in [-0.1, -0.05) is 5.16 Å². The fourth-order valence-electron chi connectivity index (χ4n) is 3.58. The Morgan fingerprint density at radius 1 is 1.42 bits per heavy atom. The van der Waals surface area contributed by atoms with E-state index < -0.39 is 6.09 Å². The van der Waals surface area contributed by atoms with Crippen molar-refractivity contribution in [3.05, 3.63) is 0 Å². The quantitative estimate of drug-likeness (QED) is 0.850. The van der Waals surface area contributed by atoms with E-state index in [0.717, 1.165) is 38.5 Å². The van der Waals surface area contributed by atoms with E-state index in [-0.39, 0.29) is 12.1 Å². The number of hydrogen-bond acceptors (Lipinski definition) is 4. The predicted molar refractivity (Wildman–Crippen MR) is 68.0 cm³/mol. The van der Waals surface area contributed by atoms with Crippen LogP contribution >= 0.6 is 0 Å². The fourth-order valence-corrected chi connectivity index (χ4v) is 3.58. The maximum Gasteiger partial charge on any atom is 0.407 e. The number of rotatable bonds is 3. The third-order valence-electron chi connectivity index (χ3n) is 4.42. The number of carbonyl (C=O) groups is 1. The molecule has 3 rings (SSSR count). The molecule has 0 saturated carbocycles. The van der Waals surface area contributed by atoms with E-state index in [1.165, 1.54) is 0 Å². The van der Waals surface area contributed by atoms with E-state index in [1.54, 1.807) is 4.90 Å². The second kappa shape index (κ2) is 5.27. The lowest BCUT2D eigenvalue weighted by Gasteiger charge is -2.37. The van der Waals surface area contributed by atoms with Crippen LogP contribution in [0.4, 0.5) is 4.79 Å². The molecule has 0 aromatic heterocycles. The van der Waals surface area contributed by atoms with Crippen LogP contribution in [-0.4, -0.2) is 47.3 Å². The van der Waals surface area contributed by atoms with Gasteiger partial charge >= 0.3 is 6.09 Å². The van der Waals surface area contributed by atoms with Crippen molar-refractivity contribution < 1.29 is 19.5 Å². The monoisotopic (exact) mass is 268 g/mol. The maximum atomic E-state index is 11.2. The zero-order valence-corrected chi connectivity index (χ0v) is 11.0. The van der Waals surface area contributed by atoms with E-state index >= 15 is 0 Å². The van der Waals surface area contributed by atoms with Crippen LogP contribution in [0.15, 0.2) is 5.16 Å². The van der Waals surface area contributed by atoms with E-state index in [1.807, 2.05) is 0 Å². The number of oxime groups is 1. The molecular weight excluding hydrogens is 248 g/mol. The molecule has 2 bridgehead atoms. The van der Waals surface area contributed by atoms with Gasteiger partial charge in [-0.05, 0) is 38.0 Å². The molecule has 0 aromatic rings. The minimum absolute atomic E-state index is 0.230. The van der Waals surface area contributed by atoms with E-state index in [2.05, 4.69) is 5.16 Å². The first kappa shape index (κ1) is 12.6. The molecule has 3 aliphatic heterocycles. The van der Waals surface area contributed by atoms with Crippen molar-refractivity contribution in [2.75, 3.05) is 13.2 Å². The van der Waals surface area contributed by atoms with Gasteiger partial charge in [0.25, 0.3) is 0 Å². The van der Waals surface area contributed by atoms with Gasteiger partial charge in [0.1, 0.15) is 6.61 Å². The van der Waals surface area contributed by atoms with Gasteiger partial charge in [0.05, 0.1) is 13.0 Å². The molecule has 0 radical (unpaired) electrons. The number of piperidine rings is 1. The van der Waals surface area contributed by atoms with Crippen LogP contribution in [0.2, 0.25) is 0 Å². The van der Waals surface area contributed by atoms with Crippen LogP contribution in [-0.2, 0) is 9.57 Å². The molecule has 2 atom stereocenters. The molecule has 6 heteroatoms. The minimum atomic E-state index is -0.750. The lowest BCUT2D eigenvalue weighted by atomic mass is 9.89. The van der Waals surface area contributed by atoms with Crippen LogP contribution in [0.25, 0.3) is 0 Å². The minimum Gasteiger partial charge on any atom is -0.479 e. The number of carboxylic acid groups (broad SMARTS) is 1. The molecule has 6 nitrogen and oxygen atoms in total. The molecule has 3 aliphatic rings. The highest BCUT2D eigenvalue weighted by Gasteiger charge is 2.43. The summed E-state index contributed by atoms with van der Waals surface area (Å²) in [5, 5.41) is 13.0. The Hall–Kier alpha value is -1.46. The Bertz CT molecular complexity index is 371. The highest BCUT2D eigenvalue weighted by atomic mass is 16.7. The molecule has 19 heavy (non-hydrogen) atoms. The third kappa shape index (κ3) is 2.62. The summed E-state index contributed by atoms with van der Waals surface area (Å²) in [6.45, 7) is 1.29. The number of ether oxygens (including phenoxy) is 1. The van der Waals surface area contributed by atoms with E-state index in [9.17, 15) is 9.90 Å². The van der Waals surface area contributed by atoms with Crippen molar-refractivity contribution >= 4 is 12.0 Å². The molecular formula is C13H20N2O4. The Kier molecular flexibility index (Phi) is 3.48. The molecule has 106 valence electrons. The Balaban J connectivity index is 1.45. The Morgan fingerprint density at radius 2 is 2.16 bits per heavy atom. The van der Waals surface area contributed by atoms with Gasteiger partial charge < -0.3 is 19.6 Å². The average molecular weight is 268 g/mol. The van der Waals surface area contributed by atoms with Gasteiger partial charge in [0.2, 0.25) is 5.90 Å². The van der Waals surface area contributed by atoms with Crippen LogP contribution in [0.1, 0.15) is 38.5 Å². The maximum absolute atomic E-state index is 11.2. The summed E-state index contributed by atoms with van der Waals surface area (Å²) in [6.07, 6.45) is 5.01. The van der Waals surface area contributed by atoms with E-state index in [0.29, 0.717) is 25.0 Å². The Labute approximate surface area is 112 Å². The lowest BCUT2D eigenvalue weighted by molar-refractivity contribution is 0.0789. The van der Waals surface area contributed by atoms with Gasteiger partial charge in [-0.2, -0.15) is 0 Å². The van der Waals surface area contributed by atoms with Crippen molar-refractivity contribution in [1.82, 2.24) is 4.90 Å². The van der Waals surface area contributed by atoms with Gasteiger partial charge in [0.15, 0.2) is 0 Å². The third-order valence-corrected chi connectivity index (χ3v) is 4.42. The molecule has 2 unspecified atom stereocenters. The lowest BCUT2D eigenvalue weighted by Crippen LogP contribution is -2.46. The van der Waals surface area contributed by atoms with Crippen LogP contribution in [0.3, 0.4) is 0 Å². The molecule has 3 heterocycles. The Morgan fingerprint density at radius 3 is 2.74 bits per heavy atom. The normalized spacial score (nSPS) is 32.9. The SMILES string of the molecule is O=C(O)N1C2CCC1CC(CCOC1=NOCC1)C2. The average Bonchev–Trinajstić information content (AvgIpc) is 2.96. The second-order valence-corrected chi connectivity index (χ2v) is 5.62. The summed E-state index contributed by atoms with van der Waals surface area (Å²) in [7, 11) is 0. The van der Waals surface area contributed by atoms with Gasteiger partial charge in [-0.15, -0.1) is 0 Å². The standard InChI is InChI=1S/C13H20N2O4/c16-13(17)15-10-1-2-11(15)8-9(7-10)3-5-18-12-4-6-19-14-12/h9-11H,1-8H2,(H,16,17). The fraction of sp³-hybridized carbons (Fsp3) is 0.846. The summed E-state index contributed by atoms with van der Waals surface area (Å²) in [5.74, 6) is 1.28. The summed E-state index contributed by atoms with van der Waals surface area (Å²) in [6, 6.07) is 0.460. The number of fused-ring (bicyclic) bond motifs is 2. The molecule has 2 saturated heterocycles. The molecule has 2 fully saturated rings. The highest BCUT2D eigenvalue weighted by molar-refractivity contribution is 5.76. The van der Waals surface area contributed by atoms with Crippen molar-refractivity contribution in [3.63, 3.8) is 0 Å². The second-order valence-electron chi connectivity index (χ2n) is 5.62. The zero-order valence-electron chi connectivity index (χ0n) is 11.0. The van der Waals surface area contributed by atoms with Crippen LogP contribution in [0.5, 0.6) is 0 Å². The van der Waals surface area contributed by atoms with Gasteiger partial charge in [0, 0.05) is 12.1 Å². The largest absolute Gasteiger partial charge is 0.479 e. The first-order chi connectivity index (χ1) is 9.24. The van der Waals surface area contributed by atoms with Crippen molar-refractivity contribution in [2.24, 2.45) is 11.1 Å². The molecule has 1 amide bonds. The summed E-state index contributed by atoms with van der Waals surface area (Å²) >= 11 is 0. The zero-order chi connectivity index (χ0) is 13.2. The number of nitrogens with zero attached hydrogens (tertiary/aromatic N) is 2. The van der Waals surface area contributed by atoms with E-state index in [4.69, 9.17) is 9.57 Å². The molecule has 1 N–H and O–H groups in total. The van der Waals surface area contributed by atoms with Crippen molar-refractivity contribution in [3.8, 4) is 0 Å². The predicted octanol–water partition coefficient (Wildman–Crippen LogP) is 2.05.